The molecule has 0 saturated heterocycles. The molecular weight excluding hydrogens is 178 g/mol. The van der Waals surface area contributed by atoms with Crippen LogP contribution in [0.1, 0.15) is 33.1 Å². The van der Waals surface area contributed by atoms with E-state index in [0.29, 0.717) is 18.4 Å². The predicted molar refractivity (Wildman–Crippen MR) is 57.5 cm³/mol. The number of rotatable bonds is 5. The average Bonchev–Trinajstić information content (AvgIpc) is 2.08. The van der Waals surface area contributed by atoms with Gasteiger partial charge in [-0.2, -0.15) is 0 Å². The van der Waals surface area contributed by atoms with Gasteiger partial charge >= 0.3 is 0 Å². The molecule has 1 rings (SSSR count). The lowest BCUT2D eigenvalue weighted by Gasteiger charge is -2.34. The maximum absolute atomic E-state index is 8.51. The quantitative estimate of drug-likeness (QED) is 0.303. The van der Waals surface area contributed by atoms with Gasteiger partial charge in [-0.25, -0.2) is 0 Å². The molecule has 0 aliphatic heterocycles. The molecule has 82 valence electrons. The van der Waals surface area contributed by atoms with Crippen molar-refractivity contribution in [2.75, 3.05) is 13.1 Å². The van der Waals surface area contributed by atoms with E-state index in [2.05, 4.69) is 23.9 Å². The van der Waals surface area contributed by atoms with Crippen LogP contribution in [-0.2, 0) is 0 Å². The molecule has 0 radical (unpaired) electrons. The van der Waals surface area contributed by atoms with Crippen molar-refractivity contribution in [2.24, 2.45) is 16.8 Å². The van der Waals surface area contributed by atoms with Gasteiger partial charge < -0.3 is 10.9 Å². The van der Waals surface area contributed by atoms with Crippen LogP contribution in [0.2, 0.25) is 0 Å². The standard InChI is InChI=1S/C10H21N3O/c1-8(2)13(7-10(11)12-14)6-9-4-3-5-9/h8-9,14H,3-7H2,1-2H3,(H2,11,12). The second-order valence-electron chi connectivity index (χ2n) is 4.41. The third-order valence-corrected chi connectivity index (χ3v) is 2.94. The molecule has 0 aromatic carbocycles. The molecule has 0 unspecified atom stereocenters. The first-order valence-corrected chi connectivity index (χ1v) is 5.34. The maximum atomic E-state index is 8.51. The van der Waals surface area contributed by atoms with Crippen molar-refractivity contribution in [1.29, 1.82) is 0 Å². The highest BCUT2D eigenvalue weighted by atomic mass is 16.4. The lowest BCUT2D eigenvalue weighted by atomic mass is 9.85. The molecule has 1 aliphatic rings. The molecule has 0 aromatic rings. The molecule has 0 atom stereocenters. The Hall–Kier alpha value is -0.770. The van der Waals surface area contributed by atoms with Gasteiger partial charge in [-0.15, -0.1) is 0 Å². The summed E-state index contributed by atoms with van der Waals surface area (Å²) in [5.74, 6) is 1.13. The number of nitrogens with zero attached hydrogens (tertiary/aromatic N) is 2. The number of hydrogen-bond acceptors (Lipinski definition) is 3. The minimum atomic E-state index is 0.304. The fourth-order valence-corrected chi connectivity index (χ4v) is 1.70. The lowest BCUT2D eigenvalue weighted by Crippen LogP contribution is -2.42. The zero-order valence-corrected chi connectivity index (χ0v) is 9.11. The van der Waals surface area contributed by atoms with Crippen LogP contribution >= 0.6 is 0 Å². The highest BCUT2D eigenvalue weighted by Gasteiger charge is 2.22. The monoisotopic (exact) mass is 199 g/mol. The Bertz CT molecular complexity index is 200. The van der Waals surface area contributed by atoms with E-state index < -0.39 is 0 Å². The van der Waals surface area contributed by atoms with E-state index in [9.17, 15) is 0 Å². The summed E-state index contributed by atoms with van der Waals surface area (Å²) in [5, 5.41) is 11.5. The Morgan fingerprint density at radius 3 is 2.57 bits per heavy atom. The summed E-state index contributed by atoms with van der Waals surface area (Å²) in [5.41, 5.74) is 5.51. The van der Waals surface area contributed by atoms with Crippen molar-refractivity contribution in [1.82, 2.24) is 4.90 Å². The van der Waals surface area contributed by atoms with E-state index in [1.165, 1.54) is 19.3 Å². The van der Waals surface area contributed by atoms with Crippen LogP contribution in [0.3, 0.4) is 0 Å². The average molecular weight is 199 g/mol. The molecule has 0 heterocycles. The SMILES string of the molecule is CC(C)N(CC(N)=NO)CC1CCC1. The number of nitrogens with two attached hydrogens (primary N) is 1. The molecule has 1 saturated carbocycles. The second kappa shape index (κ2) is 5.20. The van der Waals surface area contributed by atoms with Crippen LogP contribution in [0.15, 0.2) is 5.16 Å². The Morgan fingerprint density at radius 1 is 1.57 bits per heavy atom. The normalized spacial score (nSPS) is 19.0. The molecular formula is C10H21N3O. The Morgan fingerprint density at radius 2 is 2.21 bits per heavy atom. The first-order valence-electron chi connectivity index (χ1n) is 5.34. The third-order valence-electron chi connectivity index (χ3n) is 2.94. The van der Waals surface area contributed by atoms with Crippen LogP contribution in [-0.4, -0.2) is 35.1 Å². The summed E-state index contributed by atoms with van der Waals surface area (Å²) in [6.07, 6.45) is 4.03. The topological polar surface area (TPSA) is 61.8 Å². The number of oxime groups is 1. The molecule has 1 aliphatic carbocycles. The number of amidine groups is 1. The largest absolute Gasteiger partial charge is 0.409 e. The van der Waals surface area contributed by atoms with Crippen LogP contribution in [0.4, 0.5) is 0 Å². The summed E-state index contributed by atoms with van der Waals surface area (Å²) in [7, 11) is 0. The zero-order valence-electron chi connectivity index (χ0n) is 9.11. The van der Waals surface area contributed by atoms with Crippen molar-refractivity contribution in [3.8, 4) is 0 Å². The summed E-state index contributed by atoms with van der Waals surface area (Å²) >= 11 is 0. The van der Waals surface area contributed by atoms with Crippen molar-refractivity contribution >= 4 is 5.84 Å². The highest BCUT2D eigenvalue weighted by molar-refractivity contribution is 5.81. The van der Waals surface area contributed by atoms with E-state index in [1.807, 2.05) is 0 Å². The van der Waals surface area contributed by atoms with Gasteiger partial charge in [-0.3, -0.25) is 4.90 Å². The third kappa shape index (κ3) is 3.18. The molecule has 0 amide bonds. The van der Waals surface area contributed by atoms with E-state index >= 15 is 0 Å². The van der Waals surface area contributed by atoms with Crippen LogP contribution in [0.5, 0.6) is 0 Å². The fraction of sp³-hybridized carbons (Fsp3) is 0.900. The van der Waals surface area contributed by atoms with E-state index in [1.54, 1.807) is 0 Å². The van der Waals surface area contributed by atoms with E-state index in [0.717, 1.165) is 12.5 Å². The number of hydrogen-bond donors (Lipinski definition) is 2. The maximum Gasteiger partial charge on any atom is 0.153 e. The molecule has 4 heteroatoms. The molecule has 1 fully saturated rings. The first kappa shape index (κ1) is 11.3. The molecule has 0 aromatic heterocycles. The van der Waals surface area contributed by atoms with Crippen LogP contribution in [0, 0.1) is 5.92 Å². The van der Waals surface area contributed by atoms with Gasteiger partial charge in [0.1, 0.15) is 0 Å². The summed E-state index contributed by atoms with van der Waals surface area (Å²) in [4.78, 5) is 2.26. The van der Waals surface area contributed by atoms with E-state index in [4.69, 9.17) is 10.9 Å². The summed E-state index contributed by atoms with van der Waals surface area (Å²) < 4.78 is 0. The van der Waals surface area contributed by atoms with Crippen molar-refractivity contribution in [3.05, 3.63) is 0 Å². The van der Waals surface area contributed by atoms with Gasteiger partial charge in [0, 0.05) is 12.6 Å². The Balaban J connectivity index is 2.37. The zero-order chi connectivity index (χ0) is 10.6. The van der Waals surface area contributed by atoms with E-state index in [-0.39, 0.29) is 0 Å². The second-order valence-corrected chi connectivity index (χ2v) is 4.41. The summed E-state index contributed by atoms with van der Waals surface area (Å²) in [6, 6.07) is 0.455. The van der Waals surface area contributed by atoms with Crippen molar-refractivity contribution in [2.45, 2.75) is 39.2 Å². The van der Waals surface area contributed by atoms with Crippen molar-refractivity contribution in [3.63, 3.8) is 0 Å². The molecule has 14 heavy (non-hydrogen) atoms. The molecule has 0 spiro atoms. The molecule has 3 N–H and O–H groups in total. The Kier molecular flexibility index (Phi) is 4.20. The molecule has 0 bridgehead atoms. The smallest absolute Gasteiger partial charge is 0.153 e. The van der Waals surface area contributed by atoms with Crippen molar-refractivity contribution < 1.29 is 5.21 Å². The predicted octanol–water partition coefficient (Wildman–Crippen LogP) is 1.24. The molecule has 4 nitrogen and oxygen atoms in total. The van der Waals surface area contributed by atoms with Crippen LogP contribution < -0.4 is 5.73 Å². The lowest BCUT2D eigenvalue weighted by molar-refractivity contribution is 0.164. The first-order chi connectivity index (χ1) is 6.63. The van der Waals surface area contributed by atoms with Gasteiger partial charge in [0.15, 0.2) is 5.84 Å². The van der Waals surface area contributed by atoms with Gasteiger partial charge in [-0.1, -0.05) is 11.6 Å². The minimum Gasteiger partial charge on any atom is -0.409 e. The minimum absolute atomic E-state index is 0.304. The summed E-state index contributed by atoms with van der Waals surface area (Å²) in [6.45, 7) is 5.94. The fourth-order valence-electron chi connectivity index (χ4n) is 1.70. The van der Waals surface area contributed by atoms with Gasteiger partial charge in [0.25, 0.3) is 0 Å². The Labute approximate surface area is 85.8 Å². The van der Waals surface area contributed by atoms with Gasteiger partial charge in [-0.05, 0) is 32.6 Å². The van der Waals surface area contributed by atoms with Gasteiger partial charge in [0.05, 0.1) is 6.54 Å². The van der Waals surface area contributed by atoms with Gasteiger partial charge in [0.2, 0.25) is 0 Å². The highest BCUT2D eigenvalue weighted by Crippen LogP contribution is 2.27. The van der Waals surface area contributed by atoms with Crippen LogP contribution in [0.25, 0.3) is 0 Å².